The highest BCUT2D eigenvalue weighted by Crippen LogP contribution is 2.31. The predicted molar refractivity (Wildman–Crippen MR) is 153 cm³/mol. The molecule has 0 saturated heterocycles. The van der Waals surface area contributed by atoms with Gasteiger partial charge in [0.1, 0.15) is 18.1 Å². The molecule has 198 valence electrons. The van der Waals surface area contributed by atoms with Crippen LogP contribution in [0.25, 0.3) is 22.0 Å². The van der Waals surface area contributed by atoms with E-state index in [4.69, 9.17) is 4.74 Å². The Morgan fingerprint density at radius 3 is 2.36 bits per heavy atom. The number of carbonyl (C=O) groups is 1. The monoisotopic (exact) mass is 540 g/mol. The third-order valence-corrected chi connectivity index (χ3v) is 8.04. The lowest BCUT2D eigenvalue weighted by molar-refractivity contribution is -0.114. The first-order valence-corrected chi connectivity index (χ1v) is 13.9. The summed E-state index contributed by atoms with van der Waals surface area (Å²) in [6.45, 7) is 1.97. The number of aryl methyl sites for hydroxylation is 1. The number of anilines is 2. The third kappa shape index (κ3) is 5.49. The highest BCUT2D eigenvalue weighted by atomic mass is 32.2. The van der Waals surface area contributed by atoms with E-state index in [0.29, 0.717) is 29.1 Å². The molecule has 9 heteroatoms. The number of benzene rings is 4. The van der Waals surface area contributed by atoms with Gasteiger partial charge in [0.05, 0.1) is 17.2 Å². The van der Waals surface area contributed by atoms with Gasteiger partial charge in [-0.1, -0.05) is 66.7 Å². The molecule has 0 saturated carbocycles. The van der Waals surface area contributed by atoms with E-state index in [1.54, 1.807) is 61.6 Å². The van der Waals surface area contributed by atoms with Crippen molar-refractivity contribution in [2.24, 2.45) is 7.05 Å². The Morgan fingerprint density at radius 2 is 1.62 bits per heavy atom. The van der Waals surface area contributed by atoms with Crippen molar-refractivity contribution in [3.8, 4) is 17.0 Å². The molecule has 0 fully saturated rings. The van der Waals surface area contributed by atoms with Gasteiger partial charge in [0, 0.05) is 29.8 Å². The van der Waals surface area contributed by atoms with Crippen LogP contribution in [0.5, 0.6) is 5.75 Å². The summed E-state index contributed by atoms with van der Waals surface area (Å²) in [6, 6.07) is 30.5. The number of nitrogens with zero attached hydrogens (tertiary/aromatic N) is 3. The molecule has 0 unspecified atom stereocenters. The molecule has 39 heavy (non-hydrogen) atoms. The standard InChI is InChI=1S/C30H28N4O4S/c1-3-38-25-18-16-24(17-19-25)31-29(35)21-34(30-20-27(32-33(30)2)23-11-5-4-6-12-23)39(36,37)28-15-9-13-22-10-7-8-14-26(22)28/h4-20H,3,21H2,1-2H3,(H,31,35). The van der Waals surface area contributed by atoms with Gasteiger partial charge in [-0.3, -0.25) is 9.48 Å². The summed E-state index contributed by atoms with van der Waals surface area (Å²) in [5, 5.41) is 8.71. The number of ether oxygens (including phenoxy) is 1. The highest BCUT2D eigenvalue weighted by molar-refractivity contribution is 7.93. The molecule has 0 aliphatic heterocycles. The van der Waals surface area contributed by atoms with Gasteiger partial charge in [-0.15, -0.1) is 0 Å². The third-order valence-electron chi connectivity index (χ3n) is 6.23. The lowest BCUT2D eigenvalue weighted by atomic mass is 10.1. The van der Waals surface area contributed by atoms with Gasteiger partial charge >= 0.3 is 0 Å². The van der Waals surface area contributed by atoms with E-state index in [0.717, 1.165) is 15.3 Å². The van der Waals surface area contributed by atoms with Crippen molar-refractivity contribution in [1.82, 2.24) is 9.78 Å². The van der Waals surface area contributed by atoms with Crippen molar-refractivity contribution in [2.45, 2.75) is 11.8 Å². The van der Waals surface area contributed by atoms with E-state index < -0.39 is 22.5 Å². The number of hydrogen-bond acceptors (Lipinski definition) is 5. The number of aromatic nitrogens is 2. The average Bonchev–Trinajstić information content (AvgIpc) is 3.34. The Balaban J connectivity index is 1.54. The molecule has 0 spiro atoms. The van der Waals surface area contributed by atoms with E-state index in [2.05, 4.69) is 10.4 Å². The molecule has 1 amide bonds. The summed E-state index contributed by atoms with van der Waals surface area (Å²) in [6.07, 6.45) is 0. The molecule has 4 aromatic carbocycles. The van der Waals surface area contributed by atoms with Gasteiger partial charge in [0.15, 0.2) is 0 Å². The van der Waals surface area contributed by atoms with Gasteiger partial charge < -0.3 is 10.1 Å². The van der Waals surface area contributed by atoms with Crippen LogP contribution in [-0.2, 0) is 21.9 Å². The van der Waals surface area contributed by atoms with E-state index >= 15 is 0 Å². The Bertz CT molecular complexity index is 1710. The summed E-state index contributed by atoms with van der Waals surface area (Å²) in [5.41, 5.74) is 1.96. The number of rotatable bonds is 9. The maximum atomic E-state index is 14.2. The van der Waals surface area contributed by atoms with Gasteiger partial charge in [0.25, 0.3) is 10.0 Å². The van der Waals surface area contributed by atoms with Crippen molar-refractivity contribution < 1.29 is 17.9 Å². The first-order valence-electron chi connectivity index (χ1n) is 12.5. The largest absolute Gasteiger partial charge is 0.494 e. The minimum atomic E-state index is -4.18. The zero-order valence-electron chi connectivity index (χ0n) is 21.6. The lowest BCUT2D eigenvalue weighted by Gasteiger charge is -2.24. The fourth-order valence-corrected chi connectivity index (χ4v) is 6.06. The van der Waals surface area contributed by atoms with Crippen molar-refractivity contribution in [3.05, 3.63) is 103 Å². The molecule has 0 bridgehead atoms. The van der Waals surface area contributed by atoms with Gasteiger partial charge in [0.2, 0.25) is 5.91 Å². The van der Waals surface area contributed by atoms with Crippen molar-refractivity contribution in [2.75, 3.05) is 22.8 Å². The predicted octanol–water partition coefficient (Wildman–Crippen LogP) is 5.47. The quantitative estimate of drug-likeness (QED) is 0.268. The van der Waals surface area contributed by atoms with E-state index in [-0.39, 0.29) is 10.7 Å². The first kappa shape index (κ1) is 26.0. The number of nitrogens with one attached hydrogen (secondary N) is 1. The smallest absolute Gasteiger partial charge is 0.266 e. The van der Waals surface area contributed by atoms with Crippen LogP contribution in [0, 0.1) is 0 Å². The van der Waals surface area contributed by atoms with E-state index in [9.17, 15) is 13.2 Å². The Kier molecular flexibility index (Phi) is 7.33. The second-order valence-electron chi connectivity index (χ2n) is 8.87. The minimum absolute atomic E-state index is 0.108. The molecule has 0 atom stereocenters. The van der Waals surface area contributed by atoms with Crippen LogP contribution in [0.2, 0.25) is 0 Å². The summed E-state index contributed by atoms with van der Waals surface area (Å²) in [5.74, 6) is 0.452. The molecule has 0 aliphatic carbocycles. The fraction of sp³-hybridized carbons (Fsp3) is 0.133. The van der Waals surface area contributed by atoms with E-state index in [1.807, 2.05) is 55.5 Å². The average molecular weight is 541 g/mol. The highest BCUT2D eigenvalue weighted by Gasteiger charge is 2.31. The molecule has 1 aromatic heterocycles. The Morgan fingerprint density at radius 1 is 0.923 bits per heavy atom. The lowest BCUT2D eigenvalue weighted by Crippen LogP contribution is -2.39. The summed E-state index contributed by atoms with van der Waals surface area (Å²) < 4.78 is 36.5. The van der Waals surface area contributed by atoms with Gasteiger partial charge in [-0.25, -0.2) is 12.7 Å². The topological polar surface area (TPSA) is 93.5 Å². The number of carbonyl (C=O) groups excluding carboxylic acids is 1. The normalized spacial score (nSPS) is 11.3. The summed E-state index contributed by atoms with van der Waals surface area (Å²) in [4.78, 5) is 13.4. The molecule has 8 nitrogen and oxygen atoms in total. The zero-order valence-corrected chi connectivity index (χ0v) is 22.4. The van der Waals surface area contributed by atoms with Gasteiger partial charge in [-0.2, -0.15) is 5.10 Å². The number of fused-ring (bicyclic) bond motifs is 1. The van der Waals surface area contributed by atoms with Crippen LogP contribution in [0.15, 0.2) is 108 Å². The molecule has 5 aromatic rings. The second-order valence-corrected chi connectivity index (χ2v) is 10.7. The van der Waals surface area contributed by atoms with Crippen LogP contribution < -0.4 is 14.4 Å². The minimum Gasteiger partial charge on any atom is -0.494 e. The molecule has 1 heterocycles. The van der Waals surface area contributed by atoms with Crippen molar-refractivity contribution in [1.29, 1.82) is 0 Å². The molecular weight excluding hydrogens is 512 g/mol. The molecule has 0 aliphatic rings. The van der Waals surface area contributed by atoms with Crippen molar-refractivity contribution >= 4 is 38.2 Å². The fourth-order valence-electron chi connectivity index (χ4n) is 4.40. The second kappa shape index (κ2) is 11.0. The van der Waals surface area contributed by atoms with E-state index in [1.165, 1.54) is 4.68 Å². The SMILES string of the molecule is CCOc1ccc(NC(=O)CN(c2cc(-c3ccccc3)nn2C)S(=O)(=O)c2cccc3ccccc23)cc1. The zero-order chi connectivity index (χ0) is 27.4. The first-order chi connectivity index (χ1) is 18.9. The molecule has 1 N–H and O–H groups in total. The maximum absolute atomic E-state index is 14.2. The van der Waals surface area contributed by atoms with Gasteiger partial charge in [-0.05, 0) is 42.6 Å². The maximum Gasteiger partial charge on any atom is 0.266 e. The molecule has 0 radical (unpaired) electrons. The van der Waals surface area contributed by atoms with Crippen LogP contribution in [0.3, 0.4) is 0 Å². The molecule has 5 rings (SSSR count). The Hall–Kier alpha value is -4.63. The van der Waals surface area contributed by atoms with Crippen molar-refractivity contribution in [3.63, 3.8) is 0 Å². The van der Waals surface area contributed by atoms with Crippen LogP contribution in [0.4, 0.5) is 11.5 Å². The van der Waals surface area contributed by atoms with Crippen LogP contribution >= 0.6 is 0 Å². The van der Waals surface area contributed by atoms with Crippen LogP contribution in [-0.4, -0.2) is 37.3 Å². The molecular formula is C30H28N4O4S. The Labute approximate surface area is 227 Å². The number of hydrogen-bond donors (Lipinski definition) is 1. The number of sulfonamides is 1. The summed E-state index contributed by atoms with van der Waals surface area (Å²) >= 11 is 0. The summed E-state index contributed by atoms with van der Waals surface area (Å²) in [7, 11) is -2.52. The number of amides is 1. The van der Waals surface area contributed by atoms with Crippen LogP contribution in [0.1, 0.15) is 6.92 Å².